The topological polar surface area (TPSA) is 40.5 Å². The van der Waals surface area contributed by atoms with E-state index in [1.807, 2.05) is 0 Å². The maximum atomic E-state index is 13.5. The van der Waals surface area contributed by atoms with Crippen LogP contribution in [0.5, 0.6) is 0 Å². The molecule has 1 atom stereocenters. The number of benzene rings is 1. The van der Waals surface area contributed by atoms with Crippen LogP contribution in [-0.2, 0) is 0 Å². The van der Waals surface area contributed by atoms with E-state index in [2.05, 4.69) is 0 Å². The van der Waals surface area contributed by atoms with Crippen LogP contribution in [-0.4, -0.2) is 35.1 Å². The first kappa shape index (κ1) is 14.7. The number of halogens is 5. The van der Waals surface area contributed by atoms with Crippen LogP contribution in [0.3, 0.4) is 0 Å². The molecule has 1 aliphatic heterocycles. The average molecular weight is 295 g/mol. The van der Waals surface area contributed by atoms with Gasteiger partial charge in [0, 0.05) is 6.54 Å². The van der Waals surface area contributed by atoms with E-state index in [4.69, 9.17) is 5.11 Å². The van der Waals surface area contributed by atoms with Gasteiger partial charge >= 0.3 is 0 Å². The third-order valence-corrected chi connectivity index (χ3v) is 3.27. The molecule has 1 unspecified atom stereocenters. The van der Waals surface area contributed by atoms with Crippen LogP contribution < -0.4 is 0 Å². The molecule has 1 aromatic carbocycles. The molecule has 0 saturated carbocycles. The van der Waals surface area contributed by atoms with E-state index in [1.165, 1.54) is 0 Å². The summed E-state index contributed by atoms with van der Waals surface area (Å²) in [5.41, 5.74) is -1.48. The van der Waals surface area contributed by atoms with Gasteiger partial charge in [-0.25, -0.2) is 22.0 Å². The zero-order valence-corrected chi connectivity index (χ0v) is 10.1. The number of amides is 1. The van der Waals surface area contributed by atoms with Gasteiger partial charge in [0.15, 0.2) is 23.3 Å². The van der Waals surface area contributed by atoms with Gasteiger partial charge in [0.25, 0.3) is 5.91 Å². The van der Waals surface area contributed by atoms with Crippen molar-refractivity contribution in [2.75, 3.05) is 13.2 Å². The number of aliphatic hydroxyl groups excluding tert-OH is 1. The summed E-state index contributed by atoms with van der Waals surface area (Å²) in [5, 5.41) is 9.03. The molecule has 0 bridgehead atoms. The minimum absolute atomic E-state index is 0.0869. The van der Waals surface area contributed by atoms with Crippen molar-refractivity contribution in [2.45, 2.75) is 18.9 Å². The molecule has 1 heterocycles. The Hall–Kier alpha value is -1.70. The Balaban J connectivity index is 2.50. The number of rotatable bonds is 2. The third kappa shape index (κ3) is 2.13. The van der Waals surface area contributed by atoms with Crippen LogP contribution >= 0.6 is 0 Å². The van der Waals surface area contributed by atoms with Crippen molar-refractivity contribution in [3.63, 3.8) is 0 Å². The van der Waals surface area contributed by atoms with E-state index in [0.717, 1.165) is 4.90 Å². The highest BCUT2D eigenvalue weighted by Gasteiger charge is 2.36. The predicted molar refractivity (Wildman–Crippen MR) is 57.4 cm³/mol. The van der Waals surface area contributed by atoms with Crippen LogP contribution in [0, 0.1) is 29.1 Å². The van der Waals surface area contributed by atoms with Gasteiger partial charge in [0.1, 0.15) is 5.56 Å². The normalized spacial score (nSPS) is 18.7. The van der Waals surface area contributed by atoms with Gasteiger partial charge in [0.2, 0.25) is 5.82 Å². The van der Waals surface area contributed by atoms with Gasteiger partial charge in [-0.1, -0.05) is 0 Å². The zero-order chi connectivity index (χ0) is 15.0. The van der Waals surface area contributed by atoms with Crippen molar-refractivity contribution in [3.8, 4) is 0 Å². The Morgan fingerprint density at radius 3 is 2.05 bits per heavy atom. The lowest BCUT2D eigenvalue weighted by Crippen LogP contribution is -2.39. The molecule has 1 fully saturated rings. The molecule has 1 N–H and O–H groups in total. The van der Waals surface area contributed by atoms with Crippen LogP contribution in [0.4, 0.5) is 22.0 Å². The van der Waals surface area contributed by atoms with Crippen LogP contribution in [0.2, 0.25) is 0 Å². The summed E-state index contributed by atoms with van der Waals surface area (Å²) in [4.78, 5) is 12.9. The van der Waals surface area contributed by atoms with Crippen molar-refractivity contribution in [1.82, 2.24) is 4.90 Å². The summed E-state index contributed by atoms with van der Waals surface area (Å²) < 4.78 is 66.0. The largest absolute Gasteiger partial charge is 0.394 e. The molecule has 0 spiro atoms. The summed E-state index contributed by atoms with van der Waals surface area (Å²) >= 11 is 0. The first-order valence-electron chi connectivity index (χ1n) is 5.83. The van der Waals surface area contributed by atoms with Crippen molar-refractivity contribution in [3.05, 3.63) is 34.6 Å². The van der Waals surface area contributed by atoms with Crippen LogP contribution in [0.25, 0.3) is 0 Å². The highest BCUT2D eigenvalue weighted by molar-refractivity contribution is 5.95. The van der Waals surface area contributed by atoms with E-state index >= 15 is 0 Å². The summed E-state index contributed by atoms with van der Waals surface area (Å²) in [7, 11) is 0. The summed E-state index contributed by atoms with van der Waals surface area (Å²) in [6, 6.07) is -0.683. The first-order valence-corrected chi connectivity index (χ1v) is 5.83. The Kier molecular flexibility index (Phi) is 3.94. The van der Waals surface area contributed by atoms with Crippen LogP contribution in [0.15, 0.2) is 0 Å². The molecule has 1 saturated heterocycles. The maximum absolute atomic E-state index is 13.5. The highest BCUT2D eigenvalue weighted by atomic mass is 19.2. The molecule has 0 aliphatic carbocycles. The van der Waals surface area contributed by atoms with Crippen molar-refractivity contribution >= 4 is 5.91 Å². The van der Waals surface area contributed by atoms with Crippen molar-refractivity contribution in [1.29, 1.82) is 0 Å². The van der Waals surface area contributed by atoms with Crippen molar-refractivity contribution < 1.29 is 31.9 Å². The van der Waals surface area contributed by atoms with Gasteiger partial charge in [-0.05, 0) is 12.8 Å². The lowest BCUT2D eigenvalue weighted by Gasteiger charge is -2.23. The zero-order valence-electron chi connectivity index (χ0n) is 10.1. The summed E-state index contributed by atoms with van der Waals surface area (Å²) in [5.74, 6) is -12.3. The molecule has 2 rings (SSSR count). The molecule has 3 nitrogen and oxygen atoms in total. The molecule has 8 heteroatoms. The maximum Gasteiger partial charge on any atom is 0.260 e. The Bertz CT molecular complexity index is 534. The number of hydrogen-bond donors (Lipinski definition) is 1. The number of aliphatic hydroxyl groups is 1. The minimum atomic E-state index is -2.31. The quantitative estimate of drug-likeness (QED) is 0.515. The Morgan fingerprint density at radius 1 is 1.05 bits per heavy atom. The van der Waals surface area contributed by atoms with E-state index in [-0.39, 0.29) is 6.54 Å². The number of nitrogens with zero attached hydrogens (tertiary/aromatic N) is 1. The second kappa shape index (κ2) is 5.35. The van der Waals surface area contributed by atoms with Crippen LogP contribution in [0.1, 0.15) is 23.2 Å². The SMILES string of the molecule is O=C(c1c(F)c(F)c(F)c(F)c1F)N1CCCC1CO. The second-order valence-electron chi connectivity index (χ2n) is 4.42. The fourth-order valence-corrected chi connectivity index (χ4v) is 2.23. The lowest BCUT2D eigenvalue weighted by atomic mass is 10.1. The minimum Gasteiger partial charge on any atom is -0.394 e. The second-order valence-corrected chi connectivity index (χ2v) is 4.42. The first-order chi connectivity index (χ1) is 9.40. The summed E-state index contributed by atoms with van der Waals surface area (Å²) in [6.07, 6.45) is 0.879. The molecule has 1 aliphatic rings. The molecule has 1 amide bonds. The standard InChI is InChI=1S/C12H10F5NO2/c13-7-6(8(14)10(16)11(17)9(7)15)12(20)18-3-1-2-5(18)4-19/h5,19H,1-4H2. The fraction of sp³-hybridized carbons (Fsp3) is 0.417. The van der Waals surface area contributed by atoms with E-state index in [1.54, 1.807) is 0 Å². The monoisotopic (exact) mass is 295 g/mol. The number of hydrogen-bond acceptors (Lipinski definition) is 2. The molecule has 1 aromatic rings. The summed E-state index contributed by atoms with van der Waals surface area (Å²) in [6.45, 7) is -0.356. The van der Waals surface area contributed by atoms with Gasteiger partial charge in [0.05, 0.1) is 12.6 Å². The molecular formula is C12H10F5NO2. The smallest absolute Gasteiger partial charge is 0.260 e. The van der Waals surface area contributed by atoms with E-state index in [9.17, 15) is 26.7 Å². The molecule has 20 heavy (non-hydrogen) atoms. The number of carbonyl (C=O) groups excluding carboxylic acids is 1. The Morgan fingerprint density at radius 2 is 1.55 bits per heavy atom. The van der Waals surface area contributed by atoms with Crippen molar-refractivity contribution in [2.24, 2.45) is 0 Å². The number of likely N-dealkylation sites (tertiary alicyclic amines) is 1. The van der Waals surface area contributed by atoms with E-state index in [0.29, 0.717) is 12.8 Å². The Labute approximate surface area is 110 Å². The molecule has 0 radical (unpaired) electrons. The average Bonchev–Trinajstić information content (AvgIpc) is 2.91. The predicted octanol–water partition coefficient (Wildman–Crippen LogP) is 1.98. The lowest BCUT2D eigenvalue weighted by molar-refractivity contribution is 0.0664. The van der Waals surface area contributed by atoms with E-state index < -0.39 is 53.2 Å². The third-order valence-electron chi connectivity index (χ3n) is 3.27. The number of carbonyl (C=O) groups is 1. The molecule has 0 aromatic heterocycles. The van der Waals surface area contributed by atoms with Gasteiger partial charge in [-0.15, -0.1) is 0 Å². The molecule has 110 valence electrons. The fourth-order valence-electron chi connectivity index (χ4n) is 2.23. The highest BCUT2D eigenvalue weighted by Crippen LogP contribution is 2.27. The molecular weight excluding hydrogens is 285 g/mol. The van der Waals surface area contributed by atoms with Gasteiger partial charge < -0.3 is 10.0 Å². The van der Waals surface area contributed by atoms with Gasteiger partial charge in [-0.3, -0.25) is 4.79 Å². The van der Waals surface area contributed by atoms with Gasteiger partial charge in [-0.2, -0.15) is 0 Å².